The third-order valence-electron chi connectivity index (χ3n) is 3.94. The van der Waals surface area contributed by atoms with Crippen LogP contribution in [-0.2, 0) is 4.74 Å². The average Bonchev–Trinajstić information content (AvgIpc) is 2.86. The van der Waals surface area contributed by atoms with E-state index in [0.717, 1.165) is 31.6 Å². The highest BCUT2D eigenvalue weighted by molar-refractivity contribution is 4.75. The number of rotatable bonds is 5. The summed E-state index contributed by atoms with van der Waals surface area (Å²) in [7, 11) is 0. The lowest BCUT2D eigenvalue weighted by molar-refractivity contribution is 0.184. The fourth-order valence-electron chi connectivity index (χ4n) is 2.94. The Hall–Kier alpha value is -0.0800. The van der Waals surface area contributed by atoms with Gasteiger partial charge in [-0.3, -0.25) is 0 Å². The molecule has 2 fully saturated rings. The Kier molecular flexibility index (Phi) is 4.45. The standard InChI is InChI=1S/C13H25NO/c1-11(8-12-4-2-3-5-12)14-9-13-6-7-15-10-13/h11-14H,2-10H2,1H3. The third-order valence-corrected chi connectivity index (χ3v) is 3.94. The van der Waals surface area contributed by atoms with Crippen LogP contribution in [0.4, 0.5) is 0 Å². The van der Waals surface area contributed by atoms with Gasteiger partial charge in [-0.2, -0.15) is 0 Å². The molecule has 1 saturated carbocycles. The van der Waals surface area contributed by atoms with E-state index in [1.807, 2.05) is 0 Å². The van der Waals surface area contributed by atoms with Gasteiger partial charge in [0.05, 0.1) is 6.61 Å². The molecule has 2 nitrogen and oxygen atoms in total. The molecule has 1 aliphatic carbocycles. The second-order valence-electron chi connectivity index (χ2n) is 5.43. The van der Waals surface area contributed by atoms with Gasteiger partial charge in [-0.1, -0.05) is 25.7 Å². The first-order chi connectivity index (χ1) is 7.34. The van der Waals surface area contributed by atoms with Crippen molar-refractivity contribution < 1.29 is 4.74 Å². The van der Waals surface area contributed by atoms with Crippen molar-refractivity contribution in [2.45, 2.75) is 51.5 Å². The molecule has 1 N–H and O–H groups in total. The van der Waals surface area contributed by atoms with Crippen molar-refractivity contribution in [3.8, 4) is 0 Å². The molecular formula is C13H25NO. The molecule has 0 spiro atoms. The van der Waals surface area contributed by atoms with Gasteiger partial charge >= 0.3 is 0 Å². The van der Waals surface area contributed by atoms with Crippen LogP contribution in [0.2, 0.25) is 0 Å². The number of hydrogen-bond donors (Lipinski definition) is 1. The summed E-state index contributed by atoms with van der Waals surface area (Å²) in [5.41, 5.74) is 0. The maximum absolute atomic E-state index is 5.38. The SMILES string of the molecule is CC(CC1CCCC1)NCC1CCOC1. The van der Waals surface area contributed by atoms with Gasteiger partial charge in [0.15, 0.2) is 0 Å². The molecule has 2 aliphatic rings. The maximum atomic E-state index is 5.38. The molecule has 2 heteroatoms. The zero-order chi connectivity index (χ0) is 10.5. The fourth-order valence-corrected chi connectivity index (χ4v) is 2.94. The average molecular weight is 211 g/mol. The van der Waals surface area contributed by atoms with E-state index in [0.29, 0.717) is 6.04 Å². The second kappa shape index (κ2) is 5.86. The minimum Gasteiger partial charge on any atom is -0.381 e. The third kappa shape index (κ3) is 3.76. The van der Waals surface area contributed by atoms with Crippen molar-refractivity contribution in [3.05, 3.63) is 0 Å². The molecule has 0 radical (unpaired) electrons. The first-order valence-electron chi connectivity index (χ1n) is 6.65. The summed E-state index contributed by atoms with van der Waals surface area (Å²) in [6, 6.07) is 0.702. The Morgan fingerprint density at radius 2 is 2.00 bits per heavy atom. The van der Waals surface area contributed by atoms with E-state index in [2.05, 4.69) is 12.2 Å². The van der Waals surface area contributed by atoms with E-state index < -0.39 is 0 Å². The summed E-state index contributed by atoms with van der Waals surface area (Å²) in [5.74, 6) is 1.78. The van der Waals surface area contributed by atoms with E-state index in [1.165, 1.54) is 38.5 Å². The normalized spacial score (nSPS) is 29.8. The minimum absolute atomic E-state index is 0.702. The smallest absolute Gasteiger partial charge is 0.0507 e. The van der Waals surface area contributed by atoms with Gasteiger partial charge in [-0.05, 0) is 31.6 Å². The van der Waals surface area contributed by atoms with Crippen LogP contribution in [0, 0.1) is 11.8 Å². The van der Waals surface area contributed by atoms with Gasteiger partial charge in [0, 0.05) is 19.2 Å². The van der Waals surface area contributed by atoms with Crippen LogP contribution < -0.4 is 5.32 Å². The van der Waals surface area contributed by atoms with Gasteiger partial charge in [-0.25, -0.2) is 0 Å². The molecule has 0 aromatic carbocycles. The molecule has 2 atom stereocenters. The van der Waals surface area contributed by atoms with Crippen molar-refractivity contribution >= 4 is 0 Å². The lowest BCUT2D eigenvalue weighted by atomic mass is 9.99. The van der Waals surface area contributed by atoms with Crippen LogP contribution in [0.3, 0.4) is 0 Å². The van der Waals surface area contributed by atoms with Crippen LogP contribution in [0.1, 0.15) is 45.4 Å². The Morgan fingerprint density at radius 3 is 2.67 bits per heavy atom. The molecule has 88 valence electrons. The lowest BCUT2D eigenvalue weighted by Crippen LogP contribution is -2.32. The van der Waals surface area contributed by atoms with Crippen LogP contribution in [0.5, 0.6) is 0 Å². The van der Waals surface area contributed by atoms with E-state index in [1.54, 1.807) is 0 Å². The molecular weight excluding hydrogens is 186 g/mol. The highest BCUT2D eigenvalue weighted by atomic mass is 16.5. The summed E-state index contributed by atoms with van der Waals surface area (Å²) < 4.78 is 5.38. The summed E-state index contributed by atoms with van der Waals surface area (Å²) in [6.45, 7) is 5.45. The quantitative estimate of drug-likeness (QED) is 0.754. The minimum atomic E-state index is 0.702. The predicted molar refractivity (Wildman–Crippen MR) is 63.0 cm³/mol. The van der Waals surface area contributed by atoms with Crippen molar-refractivity contribution in [1.29, 1.82) is 0 Å². The topological polar surface area (TPSA) is 21.3 Å². The molecule has 2 rings (SSSR count). The molecule has 1 heterocycles. The maximum Gasteiger partial charge on any atom is 0.0507 e. The summed E-state index contributed by atoms with van der Waals surface area (Å²) in [6.07, 6.45) is 8.51. The second-order valence-corrected chi connectivity index (χ2v) is 5.43. The monoisotopic (exact) mass is 211 g/mol. The van der Waals surface area contributed by atoms with E-state index >= 15 is 0 Å². The number of nitrogens with one attached hydrogen (secondary N) is 1. The van der Waals surface area contributed by atoms with Gasteiger partial charge in [0.1, 0.15) is 0 Å². The van der Waals surface area contributed by atoms with Crippen molar-refractivity contribution in [2.75, 3.05) is 19.8 Å². The predicted octanol–water partition coefficient (Wildman–Crippen LogP) is 2.58. The Bertz CT molecular complexity index is 171. The summed E-state index contributed by atoms with van der Waals surface area (Å²) >= 11 is 0. The zero-order valence-electron chi connectivity index (χ0n) is 10.0. The molecule has 2 unspecified atom stereocenters. The Morgan fingerprint density at radius 1 is 1.20 bits per heavy atom. The van der Waals surface area contributed by atoms with E-state index in [-0.39, 0.29) is 0 Å². The van der Waals surface area contributed by atoms with Crippen molar-refractivity contribution in [1.82, 2.24) is 5.32 Å². The van der Waals surface area contributed by atoms with E-state index in [4.69, 9.17) is 4.74 Å². The molecule has 0 bridgehead atoms. The zero-order valence-corrected chi connectivity index (χ0v) is 10.0. The first-order valence-corrected chi connectivity index (χ1v) is 6.65. The van der Waals surface area contributed by atoms with Crippen LogP contribution in [0.25, 0.3) is 0 Å². The number of ether oxygens (including phenoxy) is 1. The molecule has 15 heavy (non-hydrogen) atoms. The fraction of sp³-hybridized carbons (Fsp3) is 1.00. The summed E-state index contributed by atoms with van der Waals surface area (Å²) in [4.78, 5) is 0. The van der Waals surface area contributed by atoms with Crippen LogP contribution >= 0.6 is 0 Å². The molecule has 1 saturated heterocycles. The van der Waals surface area contributed by atoms with Crippen LogP contribution in [-0.4, -0.2) is 25.8 Å². The molecule has 1 aliphatic heterocycles. The van der Waals surface area contributed by atoms with Crippen molar-refractivity contribution in [3.63, 3.8) is 0 Å². The Balaban J connectivity index is 1.57. The van der Waals surface area contributed by atoms with Gasteiger partial charge < -0.3 is 10.1 Å². The Labute approximate surface area is 93.8 Å². The molecule has 0 amide bonds. The van der Waals surface area contributed by atoms with Crippen LogP contribution in [0.15, 0.2) is 0 Å². The summed E-state index contributed by atoms with van der Waals surface area (Å²) in [5, 5.41) is 3.67. The highest BCUT2D eigenvalue weighted by Crippen LogP contribution is 2.28. The van der Waals surface area contributed by atoms with Gasteiger partial charge in [0.25, 0.3) is 0 Å². The van der Waals surface area contributed by atoms with E-state index in [9.17, 15) is 0 Å². The molecule has 0 aromatic rings. The highest BCUT2D eigenvalue weighted by Gasteiger charge is 2.19. The first kappa shape index (κ1) is 11.4. The lowest BCUT2D eigenvalue weighted by Gasteiger charge is -2.19. The van der Waals surface area contributed by atoms with Gasteiger partial charge in [-0.15, -0.1) is 0 Å². The molecule has 0 aromatic heterocycles. The number of hydrogen-bond acceptors (Lipinski definition) is 2. The van der Waals surface area contributed by atoms with Crippen molar-refractivity contribution in [2.24, 2.45) is 11.8 Å². The largest absolute Gasteiger partial charge is 0.381 e. The van der Waals surface area contributed by atoms with Gasteiger partial charge in [0.2, 0.25) is 0 Å².